The fourth-order valence-electron chi connectivity index (χ4n) is 3.69. The Bertz CT molecular complexity index is 1080. The summed E-state index contributed by atoms with van der Waals surface area (Å²) in [4.78, 5) is 16.9. The van der Waals surface area contributed by atoms with Crippen LogP contribution in [0.5, 0.6) is 0 Å². The molecule has 30 heavy (non-hydrogen) atoms. The van der Waals surface area contributed by atoms with Crippen LogP contribution >= 0.6 is 11.6 Å². The number of rotatable bonds is 4. The molecule has 0 unspecified atom stereocenters. The third-order valence-corrected chi connectivity index (χ3v) is 5.74. The topological polar surface area (TPSA) is 99.2 Å². The highest BCUT2D eigenvalue weighted by atomic mass is 35.5. The van der Waals surface area contributed by atoms with Gasteiger partial charge in [-0.3, -0.25) is 9.78 Å². The van der Waals surface area contributed by atoms with Crippen molar-refractivity contribution in [3.8, 4) is 17.4 Å². The van der Waals surface area contributed by atoms with Gasteiger partial charge in [0.1, 0.15) is 5.76 Å². The smallest absolute Gasteiger partial charge is 0.291 e. The lowest BCUT2D eigenvalue weighted by Gasteiger charge is -2.32. The summed E-state index contributed by atoms with van der Waals surface area (Å²) in [6.07, 6.45) is 3.51. The second-order valence-electron chi connectivity index (χ2n) is 7.48. The van der Waals surface area contributed by atoms with E-state index in [1.165, 1.54) is 0 Å². The van der Waals surface area contributed by atoms with Gasteiger partial charge in [-0.25, -0.2) is 0 Å². The minimum atomic E-state index is -0.684. The quantitative estimate of drug-likeness (QED) is 0.621. The predicted octanol–water partition coefficient (Wildman–Crippen LogP) is 4.94. The number of pyridine rings is 1. The fraction of sp³-hybridized carbons (Fsp3) is 0.261. The molecule has 3 aromatic rings. The van der Waals surface area contributed by atoms with Crippen LogP contribution in [0.25, 0.3) is 11.3 Å². The standard InChI is InChI=1S/C23H20ClN3O3/c24-16-3-1-15(2-4-16)19-6-7-20(30-19)22(29)27-17-5-8-21(26-13-17)23(14-25)11-9-18(28)10-12-23/h1-8,13,18,28H,9-12H2,(H,27,29)/t18-,23-. The Labute approximate surface area is 179 Å². The van der Waals surface area contributed by atoms with Gasteiger partial charge in [0.15, 0.2) is 5.76 Å². The molecule has 0 saturated heterocycles. The van der Waals surface area contributed by atoms with Gasteiger partial charge in [0.2, 0.25) is 0 Å². The summed E-state index contributed by atoms with van der Waals surface area (Å²) in [5, 5.41) is 22.8. The fourth-order valence-corrected chi connectivity index (χ4v) is 3.82. The molecule has 1 aromatic carbocycles. The van der Waals surface area contributed by atoms with Crippen LogP contribution in [0.15, 0.2) is 59.1 Å². The number of carbonyl (C=O) groups excluding carboxylic acids is 1. The Morgan fingerprint density at radius 2 is 1.90 bits per heavy atom. The second-order valence-corrected chi connectivity index (χ2v) is 7.92. The number of amides is 1. The van der Waals surface area contributed by atoms with Crippen molar-refractivity contribution >= 4 is 23.2 Å². The minimum Gasteiger partial charge on any atom is -0.451 e. The number of halogens is 1. The van der Waals surface area contributed by atoms with Crippen LogP contribution in [0.4, 0.5) is 5.69 Å². The Hall–Kier alpha value is -3.14. The first-order valence-electron chi connectivity index (χ1n) is 9.72. The first-order chi connectivity index (χ1) is 14.5. The van der Waals surface area contributed by atoms with Crippen LogP contribution in [-0.2, 0) is 5.41 Å². The number of furan rings is 1. The SMILES string of the molecule is N#C[C@]1(c2ccc(NC(=O)c3ccc(-c4ccc(Cl)cc4)o3)cn2)CC[C@H](O)CC1. The Kier molecular flexibility index (Phi) is 5.58. The molecule has 0 spiro atoms. The van der Waals surface area contributed by atoms with Gasteiger partial charge in [-0.2, -0.15) is 5.26 Å². The molecular weight excluding hydrogens is 402 g/mol. The third-order valence-electron chi connectivity index (χ3n) is 5.49. The van der Waals surface area contributed by atoms with Crippen molar-refractivity contribution in [1.29, 1.82) is 5.26 Å². The van der Waals surface area contributed by atoms with Gasteiger partial charge < -0.3 is 14.8 Å². The number of nitrogens with zero attached hydrogens (tertiary/aromatic N) is 2. The number of aliphatic hydroxyl groups is 1. The highest BCUT2D eigenvalue weighted by Gasteiger charge is 2.37. The lowest BCUT2D eigenvalue weighted by Crippen LogP contribution is -2.33. The largest absolute Gasteiger partial charge is 0.451 e. The highest BCUT2D eigenvalue weighted by Crippen LogP contribution is 2.38. The molecule has 4 rings (SSSR count). The summed E-state index contributed by atoms with van der Waals surface area (Å²) in [6, 6.07) is 16.4. The molecule has 2 N–H and O–H groups in total. The van der Waals surface area contributed by atoms with Crippen LogP contribution in [0.2, 0.25) is 5.02 Å². The number of nitriles is 1. The molecule has 1 saturated carbocycles. The molecule has 1 fully saturated rings. The second kappa shape index (κ2) is 8.31. The van der Waals surface area contributed by atoms with Gasteiger partial charge in [0.25, 0.3) is 5.91 Å². The molecule has 0 atom stereocenters. The summed E-state index contributed by atoms with van der Waals surface area (Å²) in [5.74, 6) is 0.361. The average Bonchev–Trinajstić information content (AvgIpc) is 3.26. The van der Waals surface area contributed by atoms with Crippen molar-refractivity contribution in [3.05, 3.63) is 71.2 Å². The van der Waals surface area contributed by atoms with Gasteiger partial charge >= 0.3 is 0 Å². The van der Waals surface area contributed by atoms with E-state index in [-0.39, 0.29) is 17.8 Å². The molecule has 2 aromatic heterocycles. The highest BCUT2D eigenvalue weighted by molar-refractivity contribution is 6.30. The van der Waals surface area contributed by atoms with Gasteiger partial charge in [0.05, 0.1) is 35.2 Å². The van der Waals surface area contributed by atoms with Crippen molar-refractivity contribution in [2.75, 3.05) is 5.32 Å². The van der Waals surface area contributed by atoms with E-state index in [2.05, 4.69) is 16.4 Å². The molecule has 7 heteroatoms. The molecule has 6 nitrogen and oxygen atoms in total. The minimum absolute atomic E-state index is 0.179. The Morgan fingerprint density at radius 3 is 2.53 bits per heavy atom. The number of aliphatic hydroxyl groups excluding tert-OH is 1. The molecule has 0 aliphatic heterocycles. The van der Waals surface area contributed by atoms with Crippen molar-refractivity contribution < 1.29 is 14.3 Å². The summed E-state index contributed by atoms with van der Waals surface area (Å²) in [7, 11) is 0. The lowest BCUT2D eigenvalue weighted by atomic mass is 9.72. The molecule has 152 valence electrons. The maximum atomic E-state index is 12.5. The summed E-state index contributed by atoms with van der Waals surface area (Å²) >= 11 is 5.90. The summed E-state index contributed by atoms with van der Waals surface area (Å²) < 4.78 is 5.66. The van der Waals surface area contributed by atoms with Gasteiger partial charge in [0, 0.05) is 10.6 Å². The Morgan fingerprint density at radius 1 is 1.17 bits per heavy atom. The van der Waals surface area contributed by atoms with Crippen LogP contribution in [0.3, 0.4) is 0 Å². The van der Waals surface area contributed by atoms with Crippen molar-refractivity contribution in [3.63, 3.8) is 0 Å². The zero-order chi connectivity index (χ0) is 21.1. The maximum Gasteiger partial charge on any atom is 0.291 e. The number of hydrogen-bond donors (Lipinski definition) is 2. The summed E-state index contributed by atoms with van der Waals surface area (Å²) in [6.45, 7) is 0. The van der Waals surface area contributed by atoms with Gasteiger partial charge in [-0.05, 0) is 74.2 Å². The van der Waals surface area contributed by atoms with Gasteiger partial charge in [-0.15, -0.1) is 0 Å². The van der Waals surface area contributed by atoms with Crippen molar-refractivity contribution in [2.24, 2.45) is 0 Å². The van der Waals surface area contributed by atoms with E-state index in [1.807, 2.05) is 12.1 Å². The normalized spacial score (nSPS) is 21.0. The molecule has 1 amide bonds. The monoisotopic (exact) mass is 421 g/mol. The van der Waals surface area contributed by atoms with Crippen molar-refractivity contribution in [2.45, 2.75) is 37.2 Å². The van der Waals surface area contributed by atoms with Crippen molar-refractivity contribution in [1.82, 2.24) is 4.98 Å². The number of aromatic nitrogens is 1. The van der Waals surface area contributed by atoms with Crippen LogP contribution in [-0.4, -0.2) is 22.1 Å². The van der Waals surface area contributed by atoms with Crippen LogP contribution in [0.1, 0.15) is 41.9 Å². The van der Waals surface area contributed by atoms with E-state index in [9.17, 15) is 15.2 Å². The lowest BCUT2D eigenvalue weighted by molar-refractivity contribution is 0.0997. The van der Waals surface area contributed by atoms with E-state index < -0.39 is 5.41 Å². The van der Waals surface area contributed by atoms with Gasteiger partial charge in [-0.1, -0.05) is 11.6 Å². The van der Waals surface area contributed by atoms with Crippen LogP contribution < -0.4 is 5.32 Å². The number of hydrogen-bond acceptors (Lipinski definition) is 5. The van der Waals surface area contributed by atoms with Crippen LogP contribution in [0, 0.1) is 11.3 Å². The average molecular weight is 422 g/mol. The zero-order valence-electron chi connectivity index (χ0n) is 16.1. The molecule has 1 aliphatic carbocycles. The third kappa shape index (κ3) is 4.09. The number of benzene rings is 1. The van der Waals surface area contributed by atoms with E-state index in [0.29, 0.717) is 47.8 Å². The Balaban J connectivity index is 1.45. The first-order valence-corrected chi connectivity index (χ1v) is 10.1. The van der Waals surface area contributed by atoms with E-state index in [4.69, 9.17) is 16.0 Å². The number of anilines is 1. The number of carbonyl (C=O) groups is 1. The maximum absolute atomic E-state index is 12.5. The molecule has 0 bridgehead atoms. The van der Waals surface area contributed by atoms with E-state index in [1.54, 1.807) is 42.6 Å². The zero-order valence-corrected chi connectivity index (χ0v) is 16.9. The number of nitrogens with one attached hydrogen (secondary N) is 1. The first kappa shape index (κ1) is 20.1. The molecule has 1 aliphatic rings. The summed E-state index contributed by atoms with van der Waals surface area (Å²) in [5.41, 5.74) is 1.31. The van der Waals surface area contributed by atoms with E-state index >= 15 is 0 Å². The predicted molar refractivity (Wildman–Crippen MR) is 113 cm³/mol. The van der Waals surface area contributed by atoms with E-state index in [0.717, 1.165) is 5.56 Å². The molecule has 0 radical (unpaired) electrons. The molecule has 2 heterocycles. The molecular formula is C23H20ClN3O3.